The molecule has 0 aliphatic carbocycles. The highest BCUT2D eigenvalue weighted by atomic mass is 32.2. The normalized spacial score (nSPS) is 22.2. The number of carbonyl (C=O) groups is 1. The van der Waals surface area contributed by atoms with E-state index in [1.165, 1.54) is 11.8 Å². The highest BCUT2D eigenvalue weighted by Gasteiger charge is 2.34. The summed E-state index contributed by atoms with van der Waals surface area (Å²) in [7, 11) is 0. The fraction of sp³-hybridized carbons (Fsp3) is 0.545. The van der Waals surface area contributed by atoms with Gasteiger partial charge in [0.05, 0.1) is 12.3 Å². The number of aromatic nitrogens is 2. The number of thioether (sulfide) groups is 1. The molecule has 1 aromatic heterocycles. The Labute approximate surface area is 118 Å². The SMILES string of the molecule is CC(C)OC(=O)[C@@H]1O[C@H](n2cc(F)c(N)nc2=O)CS1. The Morgan fingerprint density at radius 2 is 2.40 bits per heavy atom. The topological polar surface area (TPSA) is 96.4 Å². The molecule has 0 unspecified atom stereocenters. The molecular weight excluding hydrogens is 289 g/mol. The van der Waals surface area contributed by atoms with E-state index in [0.717, 1.165) is 10.8 Å². The Kier molecular flexibility index (Phi) is 4.29. The summed E-state index contributed by atoms with van der Waals surface area (Å²) < 4.78 is 24.7. The number of nitrogens with zero attached hydrogens (tertiary/aromatic N) is 2. The minimum absolute atomic E-state index is 0.260. The van der Waals surface area contributed by atoms with E-state index in [9.17, 15) is 14.0 Å². The maximum Gasteiger partial charge on any atom is 0.351 e. The number of esters is 1. The lowest BCUT2D eigenvalue weighted by atomic mass is 10.5. The van der Waals surface area contributed by atoms with Crippen molar-refractivity contribution in [2.24, 2.45) is 0 Å². The van der Waals surface area contributed by atoms with E-state index in [4.69, 9.17) is 15.2 Å². The minimum atomic E-state index is -0.838. The van der Waals surface area contributed by atoms with Crippen molar-refractivity contribution in [3.05, 3.63) is 22.5 Å². The zero-order valence-electron chi connectivity index (χ0n) is 10.9. The van der Waals surface area contributed by atoms with Crippen LogP contribution in [0.25, 0.3) is 0 Å². The standard InChI is InChI=1S/C11H14FN3O4S/c1-5(2)18-9(16)10-19-7(4-20-10)15-3-6(12)8(13)14-11(15)17/h3,5,7,10H,4H2,1-2H3,(H2,13,14,17)/t7-,10+/m0/s1. The zero-order chi connectivity index (χ0) is 14.9. The fourth-order valence-electron chi connectivity index (χ4n) is 1.61. The van der Waals surface area contributed by atoms with Crippen molar-refractivity contribution < 1.29 is 18.7 Å². The first-order valence-electron chi connectivity index (χ1n) is 5.90. The summed E-state index contributed by atoms with van der Waals surface area (Å²) in [6.45, 7) is 3.44. The Morgan fingerprint density at radius 3 is 3.05 bits per heavy atom. The summed E-state index contributed by atoms with van der Waals surface area (Å²) in [5.74, 6) is -1.49. The van der Waals surface area contributed by atoms with E-state index >= 15 is 0 Å². The molecule has 1 saturated heterocycles. The first-order chi connectivity index (χ1) is 9.38. The molecule has 0 bridgehead atoms. The summed E-state index contributed by atoms with van der Waals surface area (Å²) in [6, 6.07) is 0. The van der Waals surface area contributed by atoms with Crippen LogP contribution in [-0.4, -0.2) is 32.8 Å². The molecule has 0 aromatic carbocycles. The minimum Gasteiger partial charge on any atom is -0.460 e. The fourth-order valence-corrected chi connectivity index (χ4v) is 2.59. The molecule has 0 spiro atoms. The molecule has 1 aromatic rings. The van der Waals surface area contributed by atoms with Crippen LogP contribution in [0.1, 0.15) is 20.1 Å². The zero-order valence-corrected chi connectivity index (χ0v) is 11.7. The predicted molar refractivity (Wildman–Crippen MR) is 70.5 cm³/mol. The number of ether oxygens (including phenoxy) is 2. The van der Waals surface area contributed by atoms with Gasteiger partial charge in [0.25, 0.3) is 0 Å². The van der Waals surface area contributed by atoms with Crippen LogP contribution in [0.2, 0.25) is 0 Å². The molecular formula is C11H14FN3O4S. The van der Waals surface area contributed by atoms with Gasteiger partial charge in [-0.15, -0.1) is 11.8 Å². The second-order valence-corrected chi connectivity index (χ2v) is 5.50. The van der Waals surface area contributed by atoms with Crippen LogP contribution in [0, 0.1) is 5.82 Å². The van der Waals surface area contributed by atoms with Crippen LogP contribution in [0.3, 0.4) is 0 Å². The summed E-state index contributed by atoms with van der Waals surface area (Å²) in [5, 5.41) is 0. The van der Waals surface area contributed by atoms with Crippen molar-refractivity contribution in [3.8, 4) is 0 Å². The van der Waals surface area contributed by atoms with Gasteiger partial charge >= 0.3 is 11.7 Å². The Bertz CT molecular complexity index is 577. The third-order valence-electron chi connectivity index (χ3n) is 2.46. The van der Waals surface area contributed by atoms with E-state index in [0.29, 0.717) is 5.75 Å². The molecule has 110 valence electrons. The van der Waals surface area contributed by atoms with Gasteiger partial charge < -0.3 is 15.2 Å². The van der Waals surface area contributed by atoms with Crippen LogP contribution < -0.4 is 11.4 Å². The third kappa shape index (κ3) is 3.10. The van der Waals surface area contributed by atoms with Gasteiger partial charge in [0.15, 0.2) is 11.6 Å². The maximum absolute atomic E-state index is 13.3. The van der Waals surface area contributed by atoms with Crippen molar-refractivity contribution >= 4 is 23.5 Å². The van der Waals surface area contributed by atoms with Crippen LogP contribution >= 0.6 is 11.8 Å². The number of halogens is 1. The maximum atomic E-state index is 13.3. The largest absolute Gasteiger partial charge is 0.460 e. The molecule has 2 heterocycles. The summed E-state index contributed by atoms with van der Waals surface area (Å²) in [4.78, 5) is 26.6. The Morgan fingerprint density at radius 1 is 1.70 bits per heavy atom. The van der Waals surface area contributed by atoms with Gasteiger partial charge in [0.2, 0.25) is 5.44 Å². The number of carbonyl (C=O) groups excluding carboxylic acids is 1. The molecule has 7 nitrogen and oxygen atoms in total. The molecule has 0 saturated carbocycles. The second-order valence-electron chi connectivity index (χ2n) is 4.41. The van der Waals surface area contributed by atoms with Crippen molar-refractivity contribution in [2.45, 2.75) is 31.6 Å². The molecule has 2 atom stereocenters. The molecule has 1 aliphatic rings. The van der Waals surface area contributed by atoms with E-state index in [1.54, 1.807) is 13.8 Å². The average molecular weight is 303 g/mol. The van der Waals surface area contributed by atoms with Gasteiger partial charge in [0.1, 0.15) is 6.23 Å². The molecule has 20 heavy (non-hydrogen) atoms. The smallest absolute Gasteiger partial charge is 0.351 e. The highest BCUT2D eigenvalue weighted by Crippen LogP contribution is 2.32. The quantitative estimate of drug-likeness (QED) is 0.812. The monoisotopic (exact) mass is 303 g/mol. The number of rotatable bonds is 3. The summed E-state index contributed by atoms with van der Waals surface area (Å²) >= 11 is 1.18. The number of hydrogen-bond donors (Lipinski definition) is 1. The number of hydrogen-bond acceptors (Lipinski definition) is 7. The van der Waals surface area contributed by atoms with E-state index < -0.39 is 35.0 Å². The molecule has 2 rings (SSSR count). The van der Waals surface area contributed by atoms with Gasteiger partial charge in [0, 0.05) is 5.75 Å². The van der Waals surface area contributed by atoms with E-state index in [-0.39, 0.29) is 6.10 Å². The van der Waals surface area contributed by atoms with Crippen molar-refractivity contribution in [3.63, 3.8) is 0 Å². The van der Waals surface area contributed by atoms with Gasteiger partial charge in [-0.05, 0) is 13.8 Å². The number of anilines is 1. The van der Waals surface area contributed by atoms with Crippen molar-refractivity contribution in [1.82, 2.24) is 9.55 Å². The van der Waals surface area contributed by atoms with Crippen LogP contribution in [0.15, 0.2) is 11.0 Å². The molecule has 0 amide bonds. The lowest BCUT2D eigenvalue weighted by Crippen LogP contribution is -2.31. The van der Waals surface area contributed by atoms with Crippen molar-refractivity contribution in [1.29, 1.82) is 0 Å². The van der Waals surface area contributed by atoms with E-state index in [1.807, 2.05) is 0 Å². The van der Waals surface area contributed by atoms with Crippen LogP contribution in [0.4, 0.5) is 10.2 Å². The van der Waals surface area contributed by atoms with Gasteiger partial charge in [-0.2, -0.15) is 4.98 Å². The van der Waals surface area contributed by atoms with Crippen LogP contribution in [0.5, 0.6) is 0 Å². The summed E-state index contributed by atoms with van der Waals surface area (Å²) in [5.41, 5.74) is 3.63. The van der Waals surface area contributed by atoms with Crippen molar-refractivity contribution in [2.75, 3.05) is 11.5 Å². The highest BCUT2D eigenvalue weighted by molar-refractivity contribution is 8.00. The first kappa shape index (κ1) is 14.8. The molecule has 2 N–H and O–H groups in total. The Hall–Kier alpha value is -1.61. The molecule has 9 heteroatoms. The number of nitrogen functional groups attached to an aromatic ring is 1. The molecule has 0 radical (unpaired) electrons. The molecule has 1 fully saturated rings. The lowest BCUT2D eigenvalue weighted by Gasteiger charge is -2.15. The van der Waals surface area contributed by atoms with E-state index in [2.05, 4.69) is 4.98 Å². The predicted octanol–water partition coefficient (Wildman–Crippen LogP) is 0.504. The second kappa shape index (κ2) is 5.80. The summed E-state index contributed by atoms with van der Waals surface area (Å²) in [6.07, 6.45) is -0.115. The van der Waals surface area contributed by atoms with Gasteiger partial charge in [-0.3, -0.25) is 4.57 Å². The van der Waals surface area contributed by atoms with Gasteiger partial charge in [-0.25, -0.2) is 14.0 Å². The lowest BCUT2D eigenvalue weighted by molar-refractivity contribution is -0.158. The molecule has 1 aliphatic heterocycles. The third-order valence-corrected chi connectivity index (χ3v) is 3.54. The van der Waals surface area contributed by atoms with Crippen LogP contribution in [-0.2, 0) is 14.3 Å². The number of nitrogens with two attached hydrogens (primary N) is 1. The van der Waals surface area contributed by atoms with Gasteiger partial charge in [-0.1, -0.05) is 0 Å². The average Bonchev–Trinajstić information content (AvgIpc) is 2.82. The first-order valence-corrected chi connectivity index (χ1v) is 6.95. The Balaban J connectivity index is 2.12.